The highest BCUT2D eigenvalue weighted by molar-refractivity contribution is 7.89. The van der Waals surface area contributed by atoms with Crippen LogP contribution in [-0.4, -0.2) is 32.7 Å². The maximum atomic E-state index is 13.2. The summed E-state index contributed by atoms with van der Waals surface area (Å²) in [4.78, 5) is 11.5. The summed E-state index contributed by atoms with van der Waals surface area (Å²) in [6.07, 6.45) is 0. The van der Waals surface area contributed by atoms with Gasteiger partial charge in [0.25, 0.3) is 5.91 Å². The van der Waals surface area contributed by atoms with Crippen LogP contribution in [0.3, 0.4) is 0 Å². The van der Waals surface area contributed by atoms with Crippen LogP contribution in [0.25, 0.3) is 0 Å². The highest BCUT2D eigenvalue weighted by Gasteiger charge is 2.21. The van der Waals surface area contributed by atoms with Crippen LogP contribution in [0.15, 0.2) is 47.4 Å². The second-order valence-corrected chi connectivity index (χ2v) is 7.16. The summed E-state index contributed by atoms with van der Waals surface area (Å²) in [5.41, 5.74) is 0.654. The maximum absolute atomic E-state index is 13.2. The summed E-state index contributed by atoms with van der Waals surface area (Å²) in [6, 6.07) is 8.66. The molecule has 0 bridgehead atoms. The van der Waals surface area contributed by atoms with Crippen molar-refractivity contribution >= 4 is 15.9 Å². The highest BCUT2D eigenvalue weighted by Crippen LogP contribution is 2.18. The predicted molar refractivity (Wildman–Crippen MR) is 84.8 cm³/mol. The number of halogens is 2. The van der Waals surface area contributed by atoms with Gasteiger partial charge in [-0.25, -0.2) is 17.2 Å². The molecule has 0 aliphatic carbocycles. The number of carbonyl (C=O) groups excluding carboxylic acids is 1. The van der Waals surface area contributed by atoms with Crippen LogP contribution < -0.4 is 5.32 Å². The van der Waals surface area contributed by atoms with Gasteiger partial charge in [0, 0.05) is 26.2 Å². The molecule has 0 saturated heterocycles. The van der Waals surface area contributed by atoms with Gasteiger partial charge in [-0.2, -0.15) is 4.31 Å². The first-order valence-corrected chi connectivity index (χ1v) is 8.42. The van der Waals surface area contributed by atoms with E-state index in [4.69, 9.17) is 0 Å². The van der Waals surface area contributed by atoms with Crippen molar-refractivity contribution in [1.82, 2.24) is 9.62 Å². The van der Waals surface area contributed by atoms with Gasteiger partial charge in [0.2, 0.25) is 10.0 Å². The molecule has 0 saturated carbocycles. The first-order valence-electron chi connectivity index (χ1n) is 6.98. The van der Waals surface area contributed by atoms with Crippen LogP contribution in [0.5, 0.6) is 0 Å². The van der Waals surface area contributed by atoms with Crippen molar-refractivity contribution in [2.75, 3.05) is 14.1 Å². The van der Waals surface area contributed by atoms with E-state index in [1.807, 2.05) is 0 Å². The molecule has 8 heteroatoms. The smallest absolute Gasteiger partial charge is 0.251 e. The third kappa shape index (κ3) is 3.77. The fourth-order valence-corrected chi connectivity index (χ4v) is 3.24. The van der Waals surface area contributed by atoms with Crippen LogP contribution in [0.2, 0.25) is 0 Å². The Morgan fingerprint density at radius 3 is 2.25 bits per heavy atom. The number of rotatable bonds is 5. The zero-order chi connectivity index (χ0) is 17.9. The Balaban J connectivity index is 2.22. The second kappa shape index (κ2) is 7.06. The van der Waals surface area contributed by atoms with E-state index in [2.05, 4.69) is 5.32 Å². The number of benzene rings is 2. The summed E-state index contributed by atoms with van der Waals surface area (Å²) >= 11 is 0. The Bertz CT molecular complexity index is 852. The van der Waals surface area contributed by atoms with E-state index in [1.54, 1.807) is 0 Å². The van der Waals surface area contributed by atoms with Gasteiger partial charge in [-0.1, -0.05) is 6.07 Å². The van der Waals surface area contributed by atoms with Crippen molar-refractivity contribution in [3.05, 3.63) is 65.2 Å². The molecule has 5 nitrogen and oxygen atoms in total. The van der Waals surface area contributed by atoms with Crippen molar-refractivity contribution in [1.29, 1.82) is 0 Å². The molecule has 0 atom stereocenters. The minimum absolute atomic E-state index is 0.000219. The molecule has 0 aliphatic rings. The Kier molecular flexibility index (Phi) is 5.30. The topological polar surface area (TPSA) is 66.5 Å². The average molecular weight is 354 g/mol. The standard InChI is InChI=1S/C16H16F2N2O3S/c1-19-16(21)12-4-6-13(7-5-12)24(22,23)20(2)10-11-3-8-14(17)15(18)9-11/h3-9H,10H2,1-2H3,(H,19,21). The number of amides is 1. The van der Waals surface area contributed by atoms with Gasteiger partial charge in [-0.3, -0.25) is 4.79 Å². The minimum atomic E-state index is -3.82. The highest BCUT2D eigenvalue weighted by atomic mass is 32.2. The minimum Gasteiger partial charge on any atom is -0.355 e. The normalized spacial score (nSPS) is 11.5. The van der Waals surface area contributed by atoms with Crippen LogP contribution >= 0.6 is 0 Å². The lowest BCUT2D eigenvalue weighted by Gasteiger charge is -2.17. The number of hydrogen-bond acceptors (Lipinski definition) is 3. The van der Waals surface area contributed by atoms with Crippen LogP contribution in [0.4, 0.5) is 8.78 Å². The number of carbonyl (C=O) groups is 1. The van der Waals surface area contributed by atoms with Gasteiger partial charge in [-0.05, 0) is 42.0 Å². The van der Waals surface area contributed by atoms with Crippen molar-refractivity contribution in [2.24, 2.45) is 0 Å². The molecule has 2 rings (SSSR count). The van der Waals surface area contributed by atoms with Gasteiger partial charge >= 0.3 is 0 Å². The van der Waals surface area contributed by atoms with Gasteiger partial charge in [0.15, 0.2) is 11.6 Å². The zero-order valence-corrected chi connectivity index (χ0v) is 13.9. The van der Waals surface area contributed by atoms with Crippen molar-refractivity contribution in [3.8, 4) is 0 Å². The van der Waals surface area contributed by atoms with Gasteiger partial charge in [0.05, 0.1) is 4.90 Å². The molecule has 1 amide bonds. The molecule has 2 aromatic carbocycles. The number of hydrogen-bond donors (Lipinski definition) is 1. The quantitative estimate of drug-likeness (QED) is 0.895. The summed E-state index contributed by atoms with van der Waals surface area (Å²) < 4.78 is 52.2. The molecule has 0 radical (unpaired) electrons. The molecule has 0 fully saturated rings. The molecule has 24 heavy (non-hydrogen) atoms. The lowest BCUT2D eigenvalue weighted by Crippen LogP contribution is -2.26. The van der Waals surface area contributed by atoms with Crippen molar-refractivity contribution in [2.45, 2.75) is 11.4 Å². The molecule has 1 N–H and O–H groups in total. The third-order valence-electron chi connectivity index (χ3n) is 3.44. The van der Waals surface area contributed by atoms with Crippen LogP contribution in [-0.2, 0) is 16.6 Å². The zero-order valence-electron chi connectivity index (χ0n) is 13.1. The molecule has 0 aromatic heterocycles. The van der Waals surface area contributed by atoms with Crippen molar-refractivity contribution in [3.63, 3.8) is 0 Å². The van der Waals surface area contributed by atoms with Gasteiger partial charge in [0.1, 0.15) is 0 Å². The molecule has 128 valence electrons. The van der Waals surface area contributed by atoms with E-state index < -0.39 is 21.7 Å². The fraction of sp³-hybridized carbons (Fsp3) is 0.188. The number of sulfonamides is 1. The second-order valence-electron chi connectivity index (χ2n) is 5.11. The summed E-state index contributed by atoms with van der Waals surface area (Å²) in [5.74, 6) is -2.35. The fourth-order valence-electron chi connectivity index (χ4n) is 2.08. The van der Waals surface area contributed by atoms with E-state index in [-0.39, 0.29) is 17.3 Å². The van der Waals surface area contributed by atoms with E-state index in [0.717, 1.165) is 16.4 Å². The molecule has 0 spiro atoms. The molecule has 0 unspecified atom stereocenters. The molecule has 0 heterocycles. The van der Waals surface area contributed by atoms with Gasteiger partial charge in [-0.15, -0.1) is 0 Å². The Morgan fingerprint density at radius 2 is 1.71 bits per heavy atom. The van der Waals surface area contributed by atoms with Gasteiger partial charge < -0.3 is 5.32 Å². The van der Waals surface area contributed by atoms with E-state index in [1.165, 1.54) is 44.4 Å². The van der Waals surface area contributed by atoms with E-state index >= 15 is 0 Å². The molecular formula is C16H16F2N2O3S. The molecule has 2 aromatic rings. The first-order chi connectivity index (χ1) is 11.3. The molecule has 0 aliphatic heterocycles. The Morgan fingerprint density at radius 1 is 1.08 bits per heavy atom. The maximum Gasteiger partial charge on any atom is 0.251 e. The number of nitrogens with one attached hydrogen (secondary N) is 1. The largest absolute Gasteiger partial charge is 0.355 e. The monoisotopic (exact) mass is 354 g/mol. The SMILES string of the molecule is CNC(=O)c1ccc(S(=O)(=O)N(C)Cc2ccc(F)c(F)c2)cc1. The molecular weight excluding hydrogens is 338 g/mol. The summed E-state index contributed by atoms with van der Waals surface area (Å²) in [6.45, 7) is -0.114. The summed E-state index contributed by atoms with van der Waals surface area (Å²) in [7, 11) is -1.01. The Hall–Kier alpha value is -2.32. The predicted octanol–water partition coefficient (Wildman–Crippen LogP) is 2.15. The van der Waals surface area contributed by atoms with Crippen LogP contribution in [0, 0.1) is 11.6 Å². The van der Waals surface area contributed by atoms with Crippen molar-refractivity contribution < 1.29 is 22.0 Å². The lowest BCUT2D eigenvalue weighted by molar-refractivity contribution is 0.0963. The van der Waals surface area contributed by atoms with Crippen LogP contribution in [0.1, 0.15) is 15.9 Å². The van der Waals surface area contributed by atoms with E-state index in [0.29, 0.717) is 11.1 Å². The van der Waals surface area contributed by atoms with E-state index in [9.17, 15) is 22.0 Å². The Labute approximate surface area is 139 Å². The lowest BCUT2D eigenvalue weighted by atomic mass is 10.2. The first kappa shape index (κ1) is 18.0. The average Bonchev–Trinajstić information content (AvgIpc) is 2.57. The summed E-state index contributed by atoms with van der Waals surface area (Å²) in [5, 5.41) is 2.44. The third-order valence-corrected chi connectivity index (χ3v) is 5.26. The number of nitrogens with zero attached hydrogens (tertiary/aromatic N) is 1.